The number of alkyl halides is 3. The average molecular weight is 459 g/mol. The van der Waals surface area contributed by atoms with E-state index in [9.17, 15) is 18.0 Å². The van der Waals surface area contributed by atoms with E-state index < -0.39 is 29.5 Å². The summed E-state index contributed by atoms with van der Waals surface area (Å²) in [7, 11) is 0. The van der Waals surface area contributed by atoms with E-state index in [2.05, 4.69) is 15.3 Å². The van der Waals surface area contributed by atoms with Crippen LogP contribution in [0.3, 0.4) is 0 Å². The molecular formula is C20H22ClF3N4O3. The number of hydrogen-bond acceptors (Lipinski definition) is 6. The Balaban J connectivity index is 1.68. The summed E-state index contributed by atoms with van der Waals surface area (Å²) >= 11 is 6.33. The summed E-state index contributed by atoms with van der Waals surface area (Å²) in [5.41, 5.74) is -0.368. The average Bonchev–Trinajstić information content (AvgIpc) is 2.68. The van der Waals surface area contributed by atoms with Gasteiger partial charge in [0.15, 0.2) is 0 Å². The molecule has 1 aliphatic rings. The van der Waals surface area contributed by atoms with E-state index in [4.69, 9.17) is 21.1 Å². The highest BCUT2D eigenvalue weighted by Crippen LogP contribution is 2.32. The third-order valence-electron chi connectivity index (χ3n) is 4.31. The number of amides is 1. The van der Waals surface area contributed by atoms with Crippen LogP contribution < -0.4 is 5.32 Å². The first kappa shape index (κ1) is 23.1. The minimum absolute atomic E-state index is 0.0207. The quantitative estimate of drug-likeness (QED) is 0.681. The van der Waals surface area contributed by atoms with Gasteiger partial charge in [-0.3, -0.25) is 0 Å². The second-order valence-electron chi connectivity index (χ2n) is 7.94. The summed E-state index contributed by atoms with van der Waals surface area (Å²) in [6.45, 7) is 6.48. The lowest BCUT2D eigenvalue weighted by molar-refractivity contribution is -0.138. The van der Waals surface area contributed by atoms with Crippen molar-refractivity contribution in [2.45, 2.75) is 38.7 Å². The van der Waals surface area contributed by atoms with Crippen LogP contribution in [-0.4, -0.2) is 46.3 Å². The molecule has 0 bridgehead atoms. The molecule has 1 aromatic carbocycles. The lowest BCUT2D eigenvalue weighted by Crippen LogP contribution is -2.44. The third-order valence-corrected chi connectivity index (χ3v) is 4.62. The van der Waals surface area contributed by atoms with Gasteiger partial charge in [-0.1, -0.05) is 17.7 Å². The molecule has 1 aromatic heterocycles. The van der Waals surface area contributed by atoms with Crippen molar-refractivity contribution < 1.29 is 27.4 Å². The van der Waals surface area contributed by atoms with E-state index >= 15 is 0 Å². The van der Waals surface area contributed by atoms with Gasteiger partial charge >= 0.3 is 12.3 Å². The molecule has 2 aromatic rings. The molecule has 0 aliphatic carbocycles. The number of ether oxygens (including phenoxy) is 2. The normalized spacial score (nSPS) is 17.4. The summed E-state index contributed by atoms with van der Waals surface area (Å²) in [5.74, 6) is -0.0207. The number of hydrogen-bond donors (Lipinski definition) is 1. The predicted molar refractivity (Wildman–Crippen MR) is 108 cm³/mol. The van der Waals surface area contributed by atoms with Crippen molar-refractivity contribution in [2.24, 2.45) is 0 Å². The van der Waals surface area contributed by atoms with Crippen LogP contribution in [0, 0.1) is 0 Å². The van der Waals surface area contributed by atoms with Crippen LogP contribution in [0.25, 0.3) is 0 Å². The highest BCUT2D eigenvalue weighted by molar-refractivity contribution is 6.33. The number of carbonyl (C=O) groups excluding carboxylic acids is 1. The molecule has 7 nitrogen and oxygen atoms in total. The summed E-state index contributed by atoms with van der Waals surface area (Å²) in [6, 6.07) is 5.06. The van der Waals surface area contributed by atoms with E-state index in [1.54, 1.807) is 43.9 Å². The van der Waals surface area contributed by atoms with Crippen LogP contribution in [0.5, 0.6) is 0 Å². The smallest absolute Gasteiger partial charge is 0.419 e. The Morgan fingerprint density at radius 1 is 1.26 bits per heavy atom. The molecule has 1 atom stereocenters. The van der Waals surface area contributed by atoms with Gasteiger partial charge in [-0.2, -0.15) is 13.2 Å². The third kappa shape index (κ3) is 6.20. The molecule has 0 unspecified atom stereocenters. The molecule has 1 fully saturated rings. The Morgan fingerprint density at radius 2 is 1.94 bits per heavy atom. The minimum atomic E-state index is -4.51. The second kappa shape index (κ2) is 8.88. The monoisotopic (exact) mass is 458 g/mol. The first-order valence-electron chi connectivity index (χ1n) is 9.47. The van der Waals surface area contributed by atoms with Crippen LogP contribution in [0.2, 0.25) is 5.02 Å². The molecule has 31 heavy (non-hydrogen) atoms. The van der Waals surface area contributed by atoms with Gasteiger partial charge in [-0.15, -0.1) is 0 Å². The van der Waals surface area contributed by atoms with Gasteiger partial charge in [0, 0.05) is 18.9 Å². The van der Waals surface area contributed by atoms with E-state index in [-0.39, 0.29) is 5.95 Å². The highest BCUT2D eigenvalue weighted by atomic mass is 35.5. The zero-order valence-electron chi connectivity index (χ0n) is 17.2. The number of anilines is 2. The Kier molecular flexibility index (Phi) is 6.61. The Hall–Kier alpha value is -2.59. The van der Waals surface area contributed by atoms with Gasteiger partial charge in [0.05, 0.1) is 29.4 Å². The van der Waals surface area contributed by atoms with Crippen LogP contribution in [0.1, 0.15) is 38.0 Å². The minimum Gasteiger partial charge on any atom is -0.444 e. The Bertz CT molecular complexity index is 933. The fourth-order valence-corrected chi connectivity index (χ4v) is 3.07. The second-order valence-corrected chi connectivity index (χ2v) is 8.35. The molecule has 2 heterocycles. The van der Waals surface area contributed by atoms with Crippen LogP contribution >= 0.6 is 11.6 Å². The number of benzene rings is 1. The van der Waals surface area contributed by atoms with Gasteiger partial charge in [0.2, 0.25) is 5.95 Å². The topological polar surface area (TPSA) is 76.6 Å². The SMILES string of the molecule is CC(C)(C)OC(=O)N1CCO[C@H](c2ccc(Nc3ncc(C(F)(F)F)cn3)c(Cl)c2)C1. The number of halogens is 4. The number of nitrogens with zero attached hydrogens (tertiary/aromatic N) is 3. The van der Waals surface area contributed by atoms with E-state index in [1.165, 1.54) is 0 Å². The van der Waals surface area contributed by atoms with E-state index in [1.807, 2.05) is 0 Å². The molecular weight excluding hydrogens is 437 g/mol. The summed E-state index contributed by atoms with van der Waals surface area (Å²) in [6.07, 6.45) is -3.93. The standard InChI is InChI=1S/C20H22ClF3N4O3/c1-19(2,3)31-18(29)28-6-7-30-16(11-28)12-4-5-15(14(21)8-12)27-17-25-9-13(10-26-17)20(22,23)24/h4-5,8-10,16H,6-7,11H2,1-3H3,(H,25,26,27)/t16-/m0/s1. The predicted octanol–water partition coefficient (Wildman–Crippen LogP) is 5.20. The van der Waals surface area contributed by atoms with Crippen molar-refractivity contribution in [1.82, 2.24) is 14.9 Å². The molecule has 1 amide bonds. The zero-order valence-corrected chi connectivity index (χ0v) is 17.9. The van der Waals surface area contributed by atoms with Crippen molar-refractivity contribution in [3.05, 3.63) is 46.7 Å². The van der Waals surface area contributed by atoms with Crippen LogP contribution in [0.15, 0.2) is 30.6 Å². The Labute approximate surface area is 182 Å². The Morgan fingerprint density at radius 3 is 2.52 bits per heavy atom. The number of aromatic nitrogens is 2. The molecule has 0 spiro atoms. The molecule has 1 aliphatic heterocycles. The lowest BCUT2D eigenvalue weighted by Gasteiger charge is -2.34. The van der Waals surface area contributed by atoms with Crippen LogP contribution in [-0.2, 0) is 15.7 Å². The van der Waals surface area contributed by atoms with Crippen LogP contribution in [0.4, 0.5) is 29.6 Å². The highest BCUT2D eigenvalue weighted by Gasteiger charge is 2.31. The van der Waals surface area contributed by atoms with Crippen molar-refractivity contribution in [3.63, 3.8) is 0 Å². The molecule has 0 saturated carbocycles. The first-order chi connectivity index (χ1) is 14.4. The maximum atomic E-state index is 12.6. The largest absolute Gasteiger partial charge is 0.444 e. The summed E-state index contributed by atoms with van der Waals surface area (Å²) in [4.78, 5) is 21.2. The maximum absolute atomic E-state index is 12.6. The zero-order chi connectivity index (χ0) is 22.8. The fourth-order valence-electron chi connectivity index (χ4n) is 2.84. The lowest BCUT2D eigenvalue weighted by atomic mass is 10.1. The maximum Gasteiger partial charge on any atom is 0.419 e. The van der Waals surface area contributed by atoms with Crippen molar-refractivity contribution >= 4 is 29.3 Å². The molecule has 1 saturated heterocycles. The van der Waals surface area contributed by atoms with E-state index in [0.717, 1.165) is 5.56 Å². The fraction of sp³-hybridized carbons (Fsp3) is 0.450. The van der Waals surface area contributed by atoms with Crippen molar-refractivity contribution in [2.75, 3.05) is 25.0 Å². The van der Waals surface area contributed by atoms with Crippen molar-refractivity contribution in [1.29, 1.82) is 0 Å². The molecule has 0 radical (unpaired) electrons. The van der Waals surface area contributed by atoms with Gasteiger partial charge in [-0.25, -0.2) is 14.8 Å². The number of carbonyl (C=O) groups is 1. The number of rotatable bonds is 3. The number of morpholine rings is 1. The molecule has 3 rings (SSSR count). The molecule has 168 valence electrons. The summed E-state index contributed by atoms with van der Waals surface area (Å²) in [5, 5.41) is 3.09. The van der Waals surface area contributed by atoms with E-state index in [0.29, 0.717) is 42.8 Å². The summed E-state index contributed by atoms with van der Waals surface area (Å²) < 4.78 is 49.1. The first-order valence-corrected chi connectivity index (χ1v) is 9.85. The van der Waals surface area contributed by atoms with Crippen molar-refractivity contribution in [3.8, 4) is 0 Å². The molecule has 11 heteroatoms. The van der Waals surface area contributed by atoms with Gasteiger partial charge in [0.25, 0.3) is 0 Å². The molecule has 1 N–H and O–H groups in total. The van der Waals surface area contributed by atoms with Gasteiger partial charge in [-0.05, 0) is 38.5 Å². The van der Waals surface area contributed by atoms with Gasteiger partial charge in [0.1, 0.15) is 11.7 Å². The van der Waals surface area contributed by atoms with Gasteiger partial charge < -0.3 is 19.7 Å². The number of nitrogens with one attached hydrogen (secondary N) is 1.